The monoisotopic (exact) mass is 166 g/mol. The molecular weight excluding hydrogens is 152 g/mol. The van der Waals surface area contributed by atoms with E-state index < -0.39 is 0 Å². The number of phenols is 1. The summed E-state index contributed by atoms with van der Waals surface area (Å²) >= 11 is 0. The Morgan fingerprint density at radius 3 is 2.67 bits per heavy atom. The molecule has 0 spiro atoms. The van der Waals surface area contributed by atoms with Crippen LogP contribution in [-0.2, 0) is 0 Å². The first-order valence-electron chi connectivity index (χ1n) is 4.16. The number of phenolic OH excluding ortho intramolecular Hbond substituents is 1. The van der Waals surface area contributed by atoms with Crippen molar-refractivity contribution >= 4 is 0 Å². The number of aromatic hydroxyl groups is 1. The van der Waals surface area contributed by atoms with E-state index in [-0.39, 0.29) is 5.75 Å². The Morgan fingerprint density at radius 1 is 1.33 bits per heavy atom. The third-order valence-corrected chi connectivity index (χ3v) is 1.51. The fraction of sp³-hybridized carbons (Fsp3) is 0.400. The van der Waals surface area contributed by atoms with E-state index in [1.165, 1.54) is 0 Å². The molecule has 0 fully saturated rings. The lowest BCUT2D eigenvalue weighted by molar-refractivity contribution is 0.315. The van der Waals surface area contributed by atoms with Gasteiger partial charge in [-0.25, -0.2) is 0 Å². The molecule has 1 N–H and O–H groups in total. The molecule has 0 aromatic heterocycles. The molecule has 0 bridgehead atoms. The summed E-state index contributed by atoms with van der Waals surface area (Å²) in [6, 6.07) is 5.25. The SMILES string of the molecule is CCCOc1cc(C)cc(O)c1. The minimum Gasteiger partial charge on any atom is -0.508 e. The second-order valence-corrected chi connectivity index (χ2v) is 2.85. The van der Waals surface area contributed by atoms with Crippen molar-refractivity contribution in [1.82, 2.24) is 0 Å². The van der Waals surface area contributed by atoms with Crippen molar-refractivity contribution in [1.29, 1.82) is 0 Å². The number of ether oxygens (including phenoxy) is 1. The predicted octanol–water partition coefficient (Wildman–Crippen LogP) is 2.49. The van der Waals surface area contributed by atoms with E-state index in [4.69, 9.17) is 4.74 Å². The van der Waals surface area contributed by atoms with Crippen LogP contribution >= 0.6 is 0 Å². The second kappa shape index (κ2) is 4.00. The lowest BCUT2D eigenvalue weighted by Crippen LogP contribution is -1.94. The zero-order chi connectivity index (χ0) is 8.97. The highest BCUT2D eigenvalue weighted by atomic mass is 16.5. The summed E-state index contributed by atoms with van der Waals surface area (Å²) in [5.41, 5.74) is 1.01. The molecule has 0 heterocycles. The number of benzene rings is 1. The van der Waals surface area contributed by atoms with Crippen molar-refractivity contribution in [3.8, 4) is 11.5 Å². The highest BCUT2D eigenvalue weighted by molar-refractivity contribution is 5.36. The minimum atomic E-state index is 0.265. The van der Waals surface area contributed by atoms with Crippen LogP contribution < -0.4 is 4.74 Å². The Kier molecular flexibility index (Phi) is 2.97. The topological polar surface area (TPSA) is 29.5 Å². The van der Waals surface area contributed by atoms with Gasteiger partial charge in [0.05, 0.1) is 6.61 Å². The molecule has 0 atom stereocenters. The zero-order valence-electron chi connectivity index (χ0n) is 7.50. The van der Waals surface area contributed by atoms with Gasteiger partial charge in [0.25, 0.3) is 0 Å². The van der Waals surface area contributed by atoms with Gasteiger partial charge in [0.1, 0.15) is 11.5 Å². The summed E-state index contributed by atoms with van der Waals surface area (Å²) in [5, 5.41) is 9.21. The quantitative estimate of drug-likeness (QED) is 0.747. The maximum Gasteiger partial charge on any atom is 0.123 e. The summed E-state index contributed by atoms with van der Waals surface area (Å²) in [4.78, 5) is 0. The van der Waals surface area contributed by atoms with Gasteiger partial charge in [-0.15, -0.1) is 0 Å². The molecule has 1 rings (SSSR count). The summed E-state index contributed by atoms with van der Waals surface area (Å²) in [6.07, 6.45) is 0.981. The molecule has 1 aromatic rings. The summed E-state index contributed by atoms with van der Waals surface area (Å²) in [5.74, 6) is 1.01. The predicted molar refractivity (Wildman–Crippen MR) is 48.6 cm³/mol. The molecule has 1 aromatic carbocycles. The number of aryl methyl sites for hydroxylation is 1. The van der Waals surface area contributed by atoms with Crippen molar-refractivity contribution in [2.24, 2.45) is 0 Å². The van der Waals surface area contributed by atoms with E-state index in [0.29, 0.717) is 6.61 Å². The van der Waals surface area contributed by atoms with Gasteiger partial charge in [0, 0.05) is 6.07 Å². The highest BCUT2D eigenvalue weighted by Crippen LogP contribution is 2.20. The van der Waals surface area contributed by atoms with Crippen LogP contribution in [0.2, 0.25) is 0 Å². The van der Waals surface area contributed by atoms with Crippen molar-refractivity contribution in [2.45, 2.75) is 20.3 Å². The second-order valence-electron chi connectivity index (χ2n) is 2.85. The summed E-state index contributed by atoms with van der Waals surface area (Å²) in [7, 11) is 0. The van der Waals surface area contributed by atoms with Crippen molar-refractivity contribution < 1.29 is 9.84 Å². The van der Waals surface area contributed by atoms with Crippen LogP contribution in [0, 0.1) is 6.92 Å². The Labute approximate surface area is 72.8 Å². The normalized spacial score (nSPS) is 9.83. The Bertz CT molecular complexity index is 236. The number of hydrogen-bond acceptors (Lipinski definition) is 2. The van der Waals surface area contributed by atoms with Crippen molar-refractivity contribution in [3.05, 3.63) is 23.8 Å². The molecular formula is C10H14O2. The number of hydrogen-bond donors (Lipinski definition) is 1. The molecule has 0 saturated heterocycles. The molecule has 2 nitrogen and oxygen atoms in total. The van der Waals surface area contributed by atoms with Crippen LogP contribution in [0.3, 0.4) is 0 Å². The molecule has 0 unspecified atom stereocenters. The molecule has 2 heteroatoms. The fourth-order valence-corrected chi connectivity index (χ4v) is 1.03. The largest absolute Gasteiger partial charge is 0.508 e. The average molecular weight is 166 g/mol. The van der Waals surface area contributed by atoms with Crippen LogP contribution in [0.4, 0.5) is 0 Å². The first-order valence-corrected chi connectivity index (χ1v) is 4.16. The summed E-state index contributed by atoms with van der Waals surface area (Å²) in [6.45, 7) is 4.68. The van der Waals surface area contributed by atoms with E-state index in [1.54, 1.807) is 12.1 Å². The van der Waals surface area contributed by atoms with Gasteiger partial charge < -0.3 is 9.84 Å². The summed E-state index contributed by atoms with van der Waals surface area (Å²) < 4.78 is 5.36. The van der Waals surface area contributed by atoms with Crippen LogP contribution in [-0.4, -0.2) is 11.7 Å². The van der Waals surface area contributed by atoms with E-state index in [1.807, 2.05) is 13.0 Å². The fourth-order valence-electron chi connectivity index (χ4n) is 1.03. The first kappa shape index (κ1) is 8.91. The molecule has 0 radical (unpaired) electrons. The molecule has 0 amide bonds. The van der Waals surface area contributed by atoms with E-state index in [2.05, 4.69) is 6.92 Å². The molecule has 0 aliphatic heterocycles. The standard InChI is InChI=1S/C10H14O2/c1-3-4-12-10-6-8(2)5-9(11)7-10/h5-7,11H,3-4H2,1-2H3. The van der Waals surface area contributed by atoms with Crippen molar-refractivity contribution in [3.63, 3.8) is 0 Å². The Hall–Kier alpha value is -1.18. The van der Waals surface area contributed by atoms with E-state index in [0.717, 1.165) is 17.7 Å². The zero-order valence-corrected chi connectivity index (χ0v) is 7.50. The maximum atomic E-state index is 9.21. The van der Waals surface area contributed by atoms with E-state index >= 15 is 0 Å². The third kappa shape index (κ3) is 2.46. The van der Waals surface area contributed by atoms with Crippen molar-refractivity contribution in [2.75, 3.05) is 6.61 Å². The lowest BCUT2D eigenvalue weighted by Gasteiger charge is -2.05. The van der Waals surface area contributed by atoms with Gasteiger partial charge in [0.2, 0.25) is 0 Å². The van der Waals surface area contributed by atoms with Gasteiger partial charge in [-0.1, -0.05) is 6.92 Å². The van der Waals surface area contributed by atoms with Gasteiger partial charge in [0.15, 0.2) is 0 Å². The molecule has 12 heavy (non-hydrogen) atoms. The average Bonchev–Trinajstić information content (AvgIpc) is 1.99. The van der Waals surface area contributed by atoms with Gasteiger partial charge in [-0.2, -0.15) is 0 Å². The smallest absolute Gasteiger partial charge is 0.123 e. The van der Waals surface area contributed by atoms with Gasteiger partial charge in [-0.3, -0.25) is 0 Å². The molecule has 0 aliphatic rings. The van der Waals surface area contributed by atoms with E-state index in [9.17, 15) is 5.11 Å². The minimum absolute atomic E-state index is 0.265. The molecule has 0 saturated carbocycles. The highest BCUT2D eigenvalue weighted by Gasteiger charge is 1.96. The third-order valence-electron chi connectivity index (χ3n) is 1.51. The Balaban J connectivity index is 2.72. The van der Waals surface area contributed by atoms with Crippen LogP contribution in [0.5, 0.6) is 11.5 Å². The van der Waals surface area contributed by atoms with Crippen LogP contribution in [0.1, 0.15) is 18.9 Å². The number of rotatable bonds is 3. The first-order chi connectivity index (χ1) is 5.72. The van der Waals surface area contributed by atoms with Gasteiger partial charge >= 0.3 is 0 Å². The van der Waals surface area contributed by atoms with Crippen LogP contribution in [0.25, 0.3) is 0 Å². The molecule has 66 valence electrons. The van der Waals surface area contributed by atoms with Gasteiger partial charge in [-0.05, 0) is 31.0 Å². The lowest BCUT2D eigenvalue weighted by atomic mass is 10.2. The van der Waals surface area contributed by atoms with Crippen LogP contribution in [0.15, 0.2) is 18.2 Å². The maximum absolute atomic E-state index is 9.21. The molecule has 0 aliphatic carbocycles. The Morgan fingerprint density at radius 2 is 2.08 bits per heavy atom.